The summed E-state index contributed by atoms with van der Waals surface area (Å²) < 4.78 is 5.69. The zero-order chi connectivity index (χ0) is 14.2. The van der Waals surface area contributed by atoms with Gasteiger partial charge in [0.05, 0.1) is 35.2 Å². The van der Waals surface area contributed by atoms with Gasteiger partial charge in [-0.1, -0.05) is 0 Å². The molecule has 1 unspecified atom stereocenters. The number of carbonyl (C=O) groups is 1. The van der Waals surface area contributed by atoms with Crippen molar-refractivity contribution in [1.82, 2.24) is 14.9 Å². The first-order chi connectivity index (χ1) is 10.3. The summed E-state index contributed by atoms with van der Waals surface area (Å²) in [4.78, 5) is 23.9. The number of aromatic amines is 1. The summed E-state index contributed by atoms with van der Waals surface area (Å²) in [6, 6.07) is 3.98. The van der Waals surface area contributed by atoms with E-state index in [2.05, 4.69) is 9.97 Å². The van der Waals surface area contributed by atoms with E-state index < -0.39 is 0 Å². The second-order valence-electron chi connectivity index (χ2n) is 5.51. The number of hydrogen-bond acceptors (Lipinski definition) is 4. The Bertz CT molecular complexity index is 657. The Balaban J connectivity index is 1.50. The lowest BCUT2D eigenvalue weighted by Crippen LogP contribution is -2.35. The Kier molecular flexibility index (Phi) is 3.27. The summed E-state index contributed by atoms with van der Waals surface area (Å²) >= 11 is 1.57. The number of nitrogens with zero attached hydrogens (tertiary/aromatic N) is 2. The fourth-order valence-electron chi connectivity index (χ4n) is 2.98. The van der Waals surface area contributed by atoms with E-state index >= 15 is 0 Å². The average Bonchev–Trinajstić information content (AvgIpc) is 3.24. The molecule has 0 aliphatic carbocycles. The lowest BCUT2D eigenvalue weighted by atomic mass is 10.1. The number of ether oxygens (including phenoxy) is 1. The number of fused-ring (bicyclic) bond motifs is 1. The Hall–Kier alpha value is -1.66. The van der Waals surface area contributed by atoms with Gasteiger partial charge in [0, 0.05) is 24.4 Å². The van der Waals surface area contributed by atoms with Crippen molar-refractivity contribution < 1.29 is 9.53 Å². The molecule has 4 rings (SSSR count). The van der Waals surface area contributed by atoms with Gasteiger partial charge in [0.15, 0.2) is 0 Å². The maximum absolute atomic E-state index is 12.6. The minimum absolute atomic E-state index is 0.115. The van der Waals surface area contributed by atoms with Gasteiger partial charge in [-0.05, 0) is 25.0 Å². The molecule has 2 aliphatic rings. The standard InChI is InChI=1S/C15H17N3O2S/c19-15(18-6-5-10-11(8-18)17-9-16-10)14-4-3-13(21-14)12-2-1-7-20-12/h3-4,9,12H,1-2,5-8H2,(H,16,17). The van der Waals surface area contributed by atoms with Crippen LogP contribution in [0, 0.1) is 0 Å². The van der Waals surface area contributed by atoms with Crippen molar-refractivity contribution in [2.75, 3.05) is 13.2 Å². The third kappa shape index (κ3) is 2.38. The van der Waals surface area contributed by atoms with E-state index in [0.717, 1.165) is 48.7 Å². The Labute approximate surface area is 127 Å². The molecule has 0 aromatic carbocycles. The zero-order valence-electron chi connectivity index (χ0n) is 11.7. The second kappa shape index (κ2) is 5.27. The van der Waals surface area contributed by atoms with Gasteiger partial charge >= 0.3 is 0 Å². The maximum atomic E-state index is 12.6. The number of hydrogen-bond donors (Lipinski definition) is 1. The van der Waals surface area contributed by atoms with Gasteiger partial charge in [-0.2, -0.15) is 0 Å². The van der Waals surface area contributed by atoms with Crippen LogP contribution in [0.15, 0.2) is 18.5 Å². The van der Waals surface area contributed by atoms with Gasteiger partial charge in [-0.25, -0.2) is 4.98 Å². The van der Waals surface area contributed by atoms with E-state index in [1.54, 1.807) is 17.7 Å². The summed E-state index contributed by atoms with van der Waals surface area (Å²) in [7, 11) is 0. The molecule has 2 aliphatic heterocycles. The SMILES string of the molecule is O=C(c1ccc(C2CCCO2)s1)N1CCc2nc[nH]c2C1. The lowest BCUT2D eigenvalue weighted by molar-refractivity contribution is 0.0737. The van der Waals surface area contributed by atoms with Crippen LogP contribution in [-0.4, -0.2) is 33.9 Å². The third-order valence-electron chi connectivity index (χ3n) is 4.15. The van der Waals surface area contributed by atoms with Crippen LogP contribution in [0.4, 0.5) is 0 Å². The molecule has 1 amide bonds. The van der Waals surface area contributed by atoms with E-state index in [0.29, 0.717) is 6.54 Å². The Morgan fingerprint density at radius 3 is 3.29 bits per heavy atom. The second-order valence-corrected chi connectivity index (χ2v) is 6.62. The first-order valence-electron chi connectivity index (χ1n) is 7.33. The predicted octanol–water partition coefficient (Wildman–Crippen LogP) is 2.52. The fraction of sp³-hybridized carbons (Fsp3) is 0.467. The number of aromatic nitrogens is 2. The van der Waals surface area contributed by atoms with E-state index in [1.807, 2.05) is 17.0 Å². The number of nitrogens with one attached hydrogen (secondary N) is 1. The van der Waals surface area contributed by atoms with Gasteiger partial charge in [0.25, 0.3) is 5.91 Å². The van der Waals surface area contributed by atoms with Crippen molar-refractivity contribution in [3.8, 4) is 0 Å². The highest BCUT2D eigenvalue weighted by Crippen LogP contribution is 2.34. The highest BCUT2D eigenvalue weighted by molar-refractivity contribution is 7.14. The van der Waals surface area contributed by atoms with Gasteiger partial charge in [0.2, 0.25) is 0 Å². The van der Waals surface area contributed by atoms with E-state index in [9.17, 15) is 4.79 Å². The van der Waals surface area contributed by atoms with E-state index in [-0.39, 0.29) is 12.0 Å². The smallest absolute Gasteiger partial charge is 0.264 e. The monoisotopic (exact) mass is 303 g/mol. The fourth-order valence-corrected chi connectivity index (χ4v) is 4.04. The molecular formula is C15H17N3O2S. The molecule has 1 fully saturated rings. The topological polar surface area (TPSA) is 58.2 Å². The summed E-state index contributed by atoms with van der Waals surface area (Å²) in [6.45, 7) is 2.20. The van der Waals surface area contributed by atoms with Crippen LogP contribution in [0.3, 0.4) is 0 Å². The number of rotatable bonds is 2. The highest BCUT2D eigenvalue weighted by Gasteiger charge is 2.26. The van der Waals surface area contributed by atoms with Crippen molar-refractivity contribution in [3.63, 3.8) is 0 Å². The molecule has 110 valence electrons. The van der Waals surface area contributed by atoms with Crippen molar-refractivity contribution in [3.05, 3.63) is 39.6 Å². The minimum Gasteiger partial charge on any atom is -0.373 e. The van der Waals surface area contributed by atoms with Crippen LogP contribution >= 0.6 is 11.3 Å². The van der Waals surface area contributed by atoms with E-state index in [4.69, 9.17) is 4.74 Å². The summed E-state index contributed by atoms with van der Waals surface area (Å²) in [5, 5.41) is 0. The normalized spacial score (nSPS) is 21.5. The van der Waals surface area contributed by atoms with Crippen molar-refractivity contribution >= 4 is 17.2 Å². The van der Waals surface area contributed by atoms with Gasteiger partial charge in [-0.3, -0.25) is 4.79 Å². The van der Waals surface area contributed by atoms with Gasteiger partial charge in [0.1, 0.15) is 0 Å². The third-order valence-corrected chi connectivity index (χ3v) is 5.31. The summed E-state index contributed by atoms with van der Waals surface area (Å²) in [5.74, 6) is 0.115. The molecule has 5 nitrogen and oxygen atoms in total. The van der Waals surface area contributed by atoms with Crippen molar-refractivity contribution in [2.24, 2.45) is 0 Å². The van der Waals surface area contributed by atoms with E-state index in [1.165, 1.54) is 4.88 Å². The Morgan fingerprint density at radius 1 is 1.48 bits per heavy atom. The van der Waals surface area contributed by atoms with Crippen LogP contribution in [0.1, 0.15) is 44.9 Å². The van der Waals surface area contributed by atoms with Crippen LogP contribution in [0.25, 0.3) is 0 Å². The van der Waals surface area contributed by atoms with Crippen LogP contribution in [0.5, 0.6) is 0 Å². The van der Waals surface area contributed by atoms with Crippen LogP contribution < -0.4 is 0 Å². The van der Waals surface area contributed by atoms with Gasteiger partial charge in [-0.15, -0.1) is 11.3 Å². The molecule has 21 heavy (non-hydrogen) atoms. The van der Waals surface area contributed by atoms with Crippen LogP contribution in [-0.2, 0) is 17.7 Å². The summed E-state index contributed by atoms with van der Waals surface area (Å²) in [6.07, 6.45) is 4.90. The number of H-pyrrole nitrogens is 1. The molecule has 0 radical (unpaired) electrons. The van der Waals surface area contributed by atoms with Gasteiger partial charge < -0.3 is 14.6 Å². The minimum atomic E-state index is 0.115. The molecule has 4 heterocycles. The molecule has 1 atom stereocenters. The molecule has 2 aromatic rings. The Morgan fingerprint density at radius 2 is 2.43 bits per heavy atom. The largest absolute Gasteiger partial charge is 0.373 e. The highest BCUT2D eigenvalue weighted by atomic mass is 32.1. The average molecular weight is 303 g/mol. The number of imidazole rings is 1. The molecular weight excluding hydrogens is 286 g/mol. The molecule has 0 bridgehead atoms. The molecule has 0 spiro atoms. The number of amides is 1. The molecule has 6 heteroatoms. The first kappa shape index (κ1) is 13.0. The molecule has 2 aromatic heterocycles. The maximum Gasteiger partial charge on any atom is 0.264 e. The lowest BCUT2D eigenvalue weighted by Gasteiger charge is -2.25. The number of carbonyl (C=O) groups excluding carboxylic acids is 1. The van der Waals surface area contributed by atoms with Crippen molar-refractivity contribution in [2.45, 2.75) is 31.9 Å². The predicted molar refractivity (Wildman–Crippen MR) is 79.3 cm³/mol. The molecule has 0 saturated carbocycles. The molecule has 1 N–H and O–H groups in total. The first-order valence-corrected chi connectivity index (χ1v) is 8.14. The van der Waals surface area contributed by atoms with Crippen LogP contribution in [0.2, 0.25) is 0 Å². The molecule has 1 saturated heterocycles. The zero-order valence-corrected chi connectivity index (χ0v) is 12.5. The van der Waals surface area contributed by atoms with Crippen molar-refractivity contribution in [1.29, 1.82) is 0 Å². The summed E-state index contributed by atoms with van der Waals surface area (Å²) in [5.41, 5.74) is 2.15. The quantitative estimate of drug-likeness (QED) is 0.927. The number of thiophene rings is 1.